The third kappa shape index (κ3) is 5.09. The van der Waals surface area contributed by atoms with E-state index < -0.39 is 6.61 Å². The summed E-state index contributed by atoms with van der Waals surface area (Å²) in [4.78, 5) is 11.5. The van der Waals surface area contributed by atoms with Crippen molar-refractivity contribution in [3.8, 4) is 11.5 Å². The average Bonchev–Trinajstić information content (AvgIpc) is 2.36. The number of methoxy groups -OCH3 is 1. The van der Waals surface area contributed by atoms with Crippen LogP contribution >= 0.6 is 0 Å². The van der Waals surface area contributed by atoms with Gasteiger partial charge in [-0.1, -0.05) is 6.92 Å². The summed E-state index contributed by atoms with van der Waals surface area (Å²) in [6.45, 7) is -0.278. The summed E-state index contributed by atoms with van der Waals surface area (Å²) in [7, 11) is 1.34. The second-order valence-corrected chi connectivity index (χ2v) is 3.57. The molecule has 0 saturated heterocycles. The molecule has 19 heavy (non-hydrogen) atoms. The Bertz CT molecular complexity index is 427. The van der Waals surface area contributed by atoms with Crippen LogP contribution in [-0.4, -0.2) is 32.7 Å². The fourth-order valence-electron chi connectivity index (χ4n) is 1.39. The molecule has 0 aliphatic carbocycles. The smallest absolute Gasteiger partial charge is 0.387 e. The standard InChI is InChI=1S/C12H16F2N2O3/c1-3-15-7-11(17)16-8-4-5-9(18-2)10(6-8)19-12(13)14/h4-6,12,15H,3,7H2,1-2H3,(H,16,17). The van der Waals surface area contributed by atoms with Gasteiger partial charge in [0, 0.05) is 11.8 Å². The van der Waals surface area contributed by atoms with Gasteiger partial charge in [-0.05, 0) is 18.7 Å². The molecule has 0 aliphatic heterocycles. The summed E-state index contributed by atoms with van der Waals surface area (Å²) in [5, 5.41) is 5.41. The first-order valence-electron chi connectivity index (χ1n) is 5.70. The third-order valence-corrected chi connectivity index (χ3v) is 2.20. The van der Waals surface area contributed by atoms with E-state index in [-0.39, 0.29) is 24.0 Å². The molecule has 1 rings (SSSR count). The number of benzene rings is 1. The van der Waals surface area contributed by atoms with Crippen LogP contribution in [0.4, 0.5) is 14.5 Å². The maximum atomic E-state index is 12.2. The fraction of sp³-hybridized carbons (Fsp3) is 0.417. The Labute approximate surface area is 109 Å². The normalized spacial score (nSPS) is 10.4. The van der Waals surface area contributed by atoms with E-state index in [0.717, 1.165) is 0 Å². The zero-order valence-electron chi connectivity index (χ0n) is 10.7. The lowest BCUT2D eigenvalue weighted by atomic mass is 10.2. The minimum Gasteiger partial charge on any atom is -0.493 e. The van der Waals surface area contributed by atoms with Gasteiger partial charge in [0.2, 0.25) is 5.91 Å². The van der Waals surface area contributed by atoms with Gasteiger partial charge in [-0.25, -0.2) is 0 Å². The molecule has 1 aromatic carbocycles. The largest absolute Gasteiger partial charge is 0.493 e. The van der Waals surface area contributed by atoms with Gasteiger partial charge in [0.1, 0.15) is 0 Å². The summed E-state index contributed by atoms with van der Waals surface area (Å²) >= 11 is 0. The number of carbonyl (C=O) groups excluding carboxylic acids is 1. The lowest BCUT2D eigenvalue weighted by Crippen LogP contribution is -2.27. The maximum Gasteiger partial charge on any atom is 0.387 e. The van der Waals surface area contributed by atoms with Crippen molar-refractivity contribution in [2.75, 3.05) is 25.5 Å². The summed E-state index contributed by atoms with van der Waals surface area (Å²) in [5.41, 5.74) is 0.361. The van der Waals surface area contributed by atoms with Crippen LogP contribution in [0.1, 0.15) is 6.92 Å². The molecule has 0 aromatic heterocycles. The van der Waals surface area contributed by atoms with Crippen molar-refractivity contribution >= 4 is 11.6 Å². The Morgan fingerprint density at radius 2 is 2.11 bits per heavy atom. The molecule has 0 aliphatic rings. The van der Waals surface area contributed by atoms with Gasteiger partial charge in [0.05, 0.1) is 13.7 Å². The van der Waals surface area contributed by atoms with E-state index in [9.17, 15) is 13.6 Å². The molecule has 0 spiro atoms. The van der Waals surface area contributed by atoms with Crippen LogP contribution in [0.5, 0.6) is 11.5 Å². The molecular formula is C12H16F2N2O3. The number of amides is 1. The first-order valence-corrected chi connectivity index (χ1v) is 5.70. The molecule has 0 radical (unpaired) electrons. The summed E-state index contributed by atoms with van der Waals surface area (Å²) in [6.07, 6.45) is 0. The van der Waals surface area contributed by atoms with E-state index >= 15 is 0 Å². The van der Waals surface area contributed by atoms with Crippen LogP contribution in [0.25, 0.3) is 0 Å². The minimum atomic E-state index is -2.96. The molecule has 0 heterocycles. The van der Waals surface area contributed by atoms with Gasteiger partial charge in [-0.2, -0.15) is 8.78 Å². The van der Waals surface area contributed by atoms with Gasteiger partial charge in [-0.3, -0.25) is 4.79 Å². The molecule has 106 valence electrons. The SMILES string of the molecule is CCNCC(=O)Nc1ccc(OC)c(OC(F)F)c1. The molecule has 0 unspecified atom stereocenters. The summed E-state index contributed by atoms with van der Waals surface area (Å²) < 4.78 is 33.6. The number of ether oxygens (including phenoxy) is 2. The Balaban J connectivity index is 2.77. The quantitative estimate of drug-likeness (QED) is 0.796. The van der Waals surface area contributed by atoms with Crippen LogP contribution < -0.4 is 20.1 Å². The molecule has 0 bridgehead atoms. The van der Waals surface area contributed by atoms with Crippen LogP contribution in [0.15, 0.2) is 18.2 Å². The highest BCUT2D eigenvalue weighted by Crippen LogP contribution is 2.31. The van der Waals surface area contributed by atoms with Gasteiger partial charge in [-0.15, -0.1) is 0 Å². The number of halogens is 2. The van der Waals surface area contributed by atoms with Crippen molar-refractivity contribution in [2.45, 2.75) is 13.5 Å². The van der Waals surface area contributed by atoms with Crippen LogP contribution in [0.2, 0.25) is 0 Å². The van der Waals surface area contributed by atoms with Crippen molar-refractivity contribution in [3.63, 3.8) is 0 Å². The highest BCUT2D eigenvalue weighted by Gasteiger charge is 2.12. The first-order chi connectivity index (χ1) is 9.06. The number of nitrogens with one attached hydrogen (secondary N) is 2. The fourth-order valence-corrected chi connectivity index (χ4v) is 1.39. The second kappa shape index (κ2) is 7.52. The zero-order valence-corrected chi connectivity index (χ0v) is 10.7. The van der Waals surface area contributed by atoms with E-state index in [4.69, 9.17) is 4.74 Å². The van der Waals surface area contributed by atoms with E-state index in [2.05, 4.69) is 15.4 Å². The number of carbonyl (C=O) groups is 1. The maximum absolute atomic E-state index is 12.2. The lowest BCUT2D eigenvalue weighted by molar-refractivity contribution is -0.115. The van der Waals surface area contributed by atoms with E-state index in [1.807, 2.05) is 6.92 Å². The summed E-state index contributed by atoms with van der Waals surface area (Å²) in [6, 6.07) is 4.27. The van der Waals surface area contributed by atoms with Crippen molar-refractivity contribution in [2.24, 2.45) is 0 Å². The average molecular weight is 274 g/mol. The van der Waals surface area contributed by atoms with Crippen molar-refractivity contribution in [1.29, 1.82) is 0 Å². The number of hydrogen-bond acceptors (Lipinski definition) is 4. The molecule has 0 fully saturated rings. The number of anilines is 1. The lowest BCUT2D eigenvalue weighted by Gasteiger charge is -2.12. The van der Waals surface area contributed by atoms with Crippen molar-refractivity contribution in [3.05, 3.63) is 18.2 Å². The van der Waals surface area contributed by atoms with Gasteiger partial charge in [0.15, 0.2) is 11.5 Å². The van der Waals surface area contributed by atoms with Crippen LogP contribution in [0, 0.1) is 0 Å². The second-order valence-electron chi connectivity index (χ2n) is 3.57. The number of hydrogen-bond donors (Lipinski definition) is 2. The van der Waals surface area contributed by atoms with Crippen molar-refractivity contribution < 1.29 is 23.0 Å². The highest BCUT2D eigenvalue weighted by molar-refractivity contribution is 5.92. The van der Waals surface area contributed by atoms with Gasteiger partial charge in [0.25, 0.3) is 0 Å². The molecule has 1 amide bonds. The monoisotopic (exact) mass is 274 g/mol. The topological polar surface area (TPSA) is 59.6 Å². The molecular weight excluding hydrogens is 258 g/mol. The molecule has 0 saturated carbocycles. The van der Waals surface area contributed by atoms with E-state index in [1.165, 1.54) is 19.2 Å². The number of likely N-dealkylation sites (N-methyl/N-ethyl adjacent to an activating group) is 1. The van der Waals surface area contributed by atoms with Crippen LogP contribution in [-0.2, 0) is 4.79 Å². The molecule has 1 aromatic rings. The highest BCUT2D eigenvalue weighted by atomic mass is 19.3. The van der Waals surface area contributed by atoms with Crippen molar-refractivity contribution in [1.82, 2.24) is 5.32 Å². The number of alkyl halides is 2. The Morgan fingerprint density at radius 3 is 2.68 bits per heavy atom. The molecule has 7 heteroatoms. The van der Waals surface area contributed by atoms with Gasteiger partial charge >= 0.3 is 6.61 Å². The van der Waals surface area contributed by atoms with Crippen LogP contribution in [0.3, 0.4) is 0 Å². The van der Waals surface area contributed by atoms with Gasteiger partial charge < -0.3 is 20.1 Å². The molecule has 2 N–H and O–H groups in total. The molecule has 0 atom stereocenters. The first kappa shape index (κ1) is 15.2. The molecule has 5 nitrogen and oxygen atoms in total. The Kier molecular flexibility index (Phi) is 6.01. The Hall–Kier alpha value is -1.89. The van der Waals surface area contributed by atoms with E-state index in [1.54, 1.807) is 6.07 Å². The Morgan fingerprint density at radius 1 is 1.37 bits per heavy atom. The zero-order chi connectivity index (χ0) is 14.3. The third-order valence-electron chi connectivity index (χ3n) is 2.20. The predicted octanol–water partition coefficient (Wildman–Crippen LogP) is 1.84. The predicted molar refractivity (Wildman–Crippen MR) is 66.8 cm³/mol. The summed E-state index contributed by atoms with van der Waals surface area (Å²) in [5.74, 6) is -0.223. The minimum absolute atomic E-state index is 0.126. The number of rotatable bonds is 7. The van der Waals surface area contributed by atoms with E-state index in [0.29, 0.717) is 12.2 Å².